The maximum Gasteiger partial charge on any atom is 0.248 e. The molecule has 1 aliphatic heterocycles. The van der Waals surface area contributed by atoms with Crippen LogP contribution in [0.15, 0.2) is 42.7 Å². The molecule has 1 aromatic heterocycles. The van der Waals surface area contributed by atoms with Gasteiger partial charge in [-0.05, 0) is 31.3 Å². The van der Waals surface area contributed by atoms with Crippen molar-refractivity contribution in [2.24, 2.45) is 0 Å². The number of likely N-dealkylation sites (N-methyl/N-ethyl adjacent to an activating group) is 1. The van der Waals surface area contributed by atoms with Gasteiger partial charge >= 0.3 is 0 Å². The lowest BCUT2D eigenvalue weighted by atomic mass is 10.1. The van der Waals surface area contributed by atoms with E-state index in [4.69, 9.17) is 15.9 Å². The molecule has 1 saturated heterocycles. The lowest BCUT2D eigenvalue weighted by Crippen LogP contribution is -2.23. The Morgan fingerprint density at radius 1 is 1.24 bits per heavy atom. The molecule has 38 heavy (non-hydrogen) atoms. The number of fused-ring (bicyclic) bond motifs is 1. The lowest BCUT2D eigenvalue weighted by molar-refractivity contribution is -0.111. The highest BCUT2D eigenvalue weighted by molar-refractivity contribution is 6.03. The van der Waals surface area contributed by atoms with Gasteiger partial charge < -0.3 is 25.0 Å². The molecule has 1 fully saturated rings. The van der Waals surface area contributed by atoms with Crippen molar-refractivity contribution in [1.29, 1.82) is 0 Å². The molecule has 10 heteroatoms. The van der Waals surface area contributed by atoms with Crippen LogP contribution < -0.4 is 15.4 Å². The minimum Gasteiger partial charge on any atom is -0.486 e. The molecular formula is C28H29F2N5O3. The molecule has 2 aromatic carbocycles. The maximum atomic E-state index is 14.5. The number of benzene rings is 2. The molecule has 0 bridgehead atoms. The van der Waals surface area contributed by atoms with Crippen LogP contribution in [0.2, 0.25) is 0 Å². The first-order valence-electron chi connectivity index (χ1n) is 12.4. The summed E-state index contributed by atoms with van der Waals surface area (Å²) in [4.78, 5) is 23.5. The van der Waals surface area contributed by atoms with Crippen molar-refractivity contribution < 1.29 is 23.0 Å². The molecule has 1 aliphatic rings. The zero-order valence-electron chi connectivity index (χ0n) is 21.3. The number of aromatic nitrogens is 2. The van der Waals surface area contributed by atoms with Crippen molar-refractivity contribution in [3.8, 4) is 18.1 Å². The summed E-state index contributed by atoms with van der Waals surface area (Å²) in [6.45, 7) is 7.52. The average Bonchev–Trinajstić information content (AvgIpc) is 3.43. The van der Waals surface area contributed by atoms with Crippen LogP contribution in [-0.4, -0.2) is 59.7 Å². The second kappa shape index (κ2) is 12.4. The van der Waals surface area contributed by atoms with Gasteiger partial charge in [0.05, 0.1) is 30.1 Å². The molecule has 0 spiro atoms. The molecule has 0 aliphatic carbocycles. The smallest absolute Gasteiger partial charge is 0.248 e. The summed E-state index contributed by atoms with van der Waals surface area (Å²) in [5.41, 5.74) is 0.847. The Kier molecular flexibility index (Phi) is 8.84. The number of carbonyl (C=O) groups excluding carboxylic acids is 1. The van der Waals surface area contributed by atoms with Crippen LogP contribution in [0.1, 0.15) is 25.8 Å². The minimum atomic E-state index is -1.09. The number of hydrogen-bond acceptors (Lipinski definition) is 7. The van der Waals surface area contributed by atoms with Gasteiger partial charge in [0.1, 0.15) is 24.0 Å². The summed E-state index contributed by atoms with van der Waals surface area (Å²) in [5, 5.41) is 6.13. The Labute approximate surface area is 220 Å². The van der Waals surface area contributed by atoms with Gasteiger partial charge in [-0.1, -0.05) is 25.8 Å². The Morgan fingerprint density at radius 2 is 2.05 bits per heavy atom. The molecule has 0 radical (unpaired) electrons. The third-order valence-corrected chi connectivity index (χ3v) is 6.15. The van der Waals surface area contributed by atoms with E-state index in [1.54, 1.807) is 18.2 Å². The van der Waals surface area contributed by atoms with Gasteiger partial charge in [-0.2, -0.15) is 0 Å². The fraction of sp³-hybridized carbons (Fsp3) is 0.321. The van der Waals surface area contributed by atoms with E-state index in [-0.39, 0.29) is 29.1 Å². The first-order chi connectivity index (χ1) is 18.4. The van der Waals surface area contributed by atoms with Gasteiger partial charge in [0.2, 0.25) is 5.91 Å². The number of terminal acetylenes is 1. The van der Waals surface area contributed by atoms with Gasteiger partial charge in [0.25, 0.3) is 0 Å². The largest absolute Gasteiger partial charge is 0.486 e. The van der Waals surface area contributed by atoms with Crippen LogP contribution in [-0.2, 0) is 9.53 Å². The Morgan fingerprint density at radius 3 is 2.76 bits per heavy atom. The van der Waals surface area contributed by atoms with E-state index < -0.39 is 11.6 Å². The molecule has 8 nitrogen and oxygen atoms in total. The highest BCUT2D eigenvalue weighted by Gasteiger charge is 2.21. The zero-order valence-corrected chi connectivity index (χ0v) is 21.3. The molecule has 2 N–H and O–H groups in total. The Balaban J connectivity index is 1.69. The summed E-state index contributed by atoms with van der Waals surface area (Å²) in [6.07, 6.45) is 10.5. The fourth-order valence-corrected chi connectivity index (χ4v) is 4.02. The highest BCUT2D eigenvalue weighted by atomic mass is 19.2. The Hall–Kier alpha value is -4.07. The molecular weight excluding hydrogens is 492 g/mol. The first kappa shape index (κ1) is 27.0. The van der Waals surface area contributed by atoms with Gasteiger partial charge in [-0.25, -0.2) is 18.7 Å². The fourth-order valence-electron chi connectivity index (χ4n) is 4.02. The van der Waals surface area contributed by atoms with Crippen LogP contribution in [0.4, 0.5) is 26.0 Å². The number of hydrogen-bond donors (Lipinski definition) is 2. The average molecular weight is 522 g/mol. The van der Waals surface area contributed by atoms with E-state index in [9.17, 15) is 13.6 Å². The van der Waals surface area contributed by atoms with E-state index in [2.05, 4.69) is 45.3 Å². The summed E-state index contributed by atoms with van der Waals surface area (Å²) in [5.74, 6) is 0.391. The second-order valence-corrected chi connectivity index (χ2v) is 8.66. The Bertz CT molecular complexity index is 1380. The minimum absolute atomic E-state index is 0.170. The zero-order chi connectivity index (χ0) is 27.1. The predicted molar refractivity (Wildman–Crippen MR) is 143 cm³/mol. The molecule has 198 valence electrons. The van der Waals surface area contributed by atoms with Gasteiger partial charge in [-0.3, -0.25) is 4.79 Å². The van der Waals surface area contributed by atoms with Crippen molar-refractivity contribution in [2.45, 2.75) is 26.4 Å². The molecule has 1 unspecified atom stereocenters. The molecule has 1 amide bonds. The van der Waals surface area contributed by atoms with E-state index >= 15 is 0 Å². The SMILES string of the molecule is C#Cc1cc(F)c(F)c(Nc2ncnc3cc(OC4CCOC4)c(NC(=O)/C=C/CN(CC)CC)cc23)c1. The van der Waals surface area contributed by atoms with Crippen molar-refractivity contribution in [1.82, 2.24) is 14.9 Å². The van der Waals surface area contributed by atoms with Gasteiger partial charge in [0.15, 0.2) is 11.6 Å². The van der Waals surface area contributed by atoms with Crippen LogP contribution in [0, 0.1) is 24.0 Å². The first-order valence-corrected chi connectivity index (χ1v) is 12.4. The molecule has 3 aromatic rings. The topological polar surface area (TPSA) is 88.6 Å². The number of ether oxygens (including phenoxy) is 2. The van der Waals surface area contributed by atoms with Crippen LogP contribution in [0.3, 0.4) is 0 Å². The third-order valence-electron chi connectivity index (χ3n) is 6.15. The van der Waals surface area contributed by atoms with Crippen LogP contribution >= 0.6 is 0 Å². The number of nitrogens with one attached hydrogen (secondary N) is 2. The standard InChI is InChI=1S/C28H29F2N5O3/c1-4-18-12-21(29)27(30)24(13-18)34-28-20-14-23(33-26(36)8-7-10-35(5-2)6-3)25(15-22(20)31-17-32-28)38-19-9-11-37-16-19/h1,7-8,12-15,17,19H,5-6,9-11,16H2,2-3H3,(H,33,36)(H,31,32,34)/b8-7+. The van der Waals surface area contributed by atoms with E-state index in [1.807, 2.05) is 0 Å². The molecule has 0 saturated carbocycles. The number of rotatable bonds is 10. The number of carbonyl (C=O) groups is 1. The molecule has 2 heterocycles. The number of nitrogens with zero attached hydrogens (tertiary/aromatic N) is 3. The third kappa shape index (κ3) is 6.43. The highest BCUT2D eigenvalue weighted by Crippen LogP contribution is 2.35. The molecule has 4 rings (SSSR count). The summed E-state index contributed by atoms with van der Waals surface area (Å²) >= 11 is 0. The van der Waals surface area contributed by atoms with E-state index in [1.165, 1.54) is 18.5 Å². The second-order valence-electron chi connectivity index (χ2n) is 8.66. The molecule has 1 atom stereocenters. The summed E-state index contributed by atoms with van der Waals surface area (Å²) in [6, 6.07) is 5.56. The van der Waals surface area contributed by atoms with Crippen LogP contribution in [0.25, 0.3) is 10.9 Å². The van der Waals surface area contributed by atoms with Gasteiger partial charge in [-0.15, -0.1) is 6.42 Å². The monoisotopic (exact) mass is 521 g/mol. The van der Waals surface area contributed by atoms with Crippen molar-refractivity contribution in [3.63, 3.8) is 0 Å². The predicted octanol–water partition coefficient (Wildman–Crippen LogP) is 4.64. The van der Waals surface area contributed by atoms with Crippen molar-refractivity contribution in [2.75, 3.05) is 43.5 Å². The maximum absolute atomic E-state index is 14.5. The summed E-state index contributed by atoms with van der Waals surface area (Å²) < 4.78 is 40.1. The summed E-state index contributed by atoms with van der Waals surface area (Å²) in [7, 11) is 0. The normalized spacial score (nSPS) is 15.2. The number of anilines is 3. The van der Waals surface area contributed by atoms with Crippen molar-refractivity contribution >= 4 is 34.0 Å². The number of amides is 1. The number of halogens is 2. The quantitative estimate of drug-likeness (QED) is 0.297. The van der Waals surface area contributed by atoms with E-state index in [0.29, 0.717) is 48.5 Å². The van der Waals surface area contributed by atoms with Gasteiger partial charge in [0, 0.05) is 36.1 Å². The van der Waals surface area contributed by atoms with E-state index in [0.717, 1.165) is 19.2 Å². The lowest BCUT2D eigenvalue weighted by Gasteiger charge is -2.18. The van der Waals surface area contributed by atoms with Crippen molar-refractivity contribution in [3.05, 3.63) is 59.9 Å². The van der Waals surface area contributed by atoms with Crippen LogP contribution in [0.5, 0.6) is 5.75 Å².